The quantitative estimate of drug-likeness (QED) is 0.352. The molecular weight excluding hydrogens is 423 g/mol. The Kier molecular flexibility index (Phi) is 5.08. The van der Waals surface area contributed by atoms with E-state index >= 15 is 0 Å². The monoisotopic (exact) mass is 444 g/mol. The fraction of sp³-hybridized carbons (Fsp3) is 0.208. The number of hydrogen-bond acceptors (Lipinski definition) is 7. The third kappa shape index (κ3) is 3.93. The van der Waals surface area contributed by atoms with Gasteiger partial charge in [0.15, 0.2) is 11.6 Å². The third-order valence-corrected chi connectivity index (χ3v) is 5.84. The van der Waals surface area contributed by atoms with Crippen LogP contribution >= 0.6 is 0 Å². The van der Waals surface area contributed by atoms with Crippen molar-refractivity contribution in [1.29, 1.82) is 0 Å². The second kappa shape index (κ2) is 8.09. The molecule has 1 amide bonds. The molecule has 3 N–H and O–H groups in total. The number of allylic oxidation sites excluding steroid dienone is 1. The number of nitrogens with one attached hydrogen (secondary N) is 1. The van der Waals surface area contributed by atoms with Crippen LogP contribution in [0.2, 0.25) is 0 Å². The van der Waals surface area contributed by atoms with Crippen LogP contribution in [0.4, 0.5) is 15.9 Å². The highest BCUT2D eigenvalue weighted by Crippen LogP contribution is 2.40. The summed E-state index contributed by atoms with van der Waals surface area (Å²) in [6, 6.07) is 5.19. The number of nitrogens with two attached hydrogens (primary N) is 1. The van der Waals surface area contributed by atoms with Gasteiger partial charge in [0.25, 0.3) is 0 Å². The molecule has 1 fully saturated rings. The summed E-state index contributed by atoms with van der Waals surface area (Å²) in [5, 5.41) is 7.85. The van der Waals surface area contributed by atoms with Gasteiger partial charge in [0.1, 0.15) is 5.82 Å². The van der Waals surface area contributed by atoms with E-state index in [1.165, 1.54) is 6.20 Å². The summed E-state index contributed by atoms with van der Waals surface area (Å²) >= 11 is 0. The van der Waals surface area contributed by atoms with Crippen molar-refractivity contribution in [3.05, 3.63) is 71.5 Å². The van der Waals surface area contributed by atoms with Crippen molar-refractivity contribution in [2.45, 2.75) is 32.6 Å². The maximum absolute atomic E-state index is 15.0. The molecule has 0 unspecified atom stereocenters. The molecule has 0 atom stereocenters. The van der Waals surface area contributed by atoms with Crippen molar-refractivity contribution in [2.75, 3.05) is 11.1 Å². The first-order valence-electron chi connectivity index (χ1n) is 10.5. The van der Waals surface area contributed by atoms with Crippen molar-refractivity contribution in [1.82, 2.24) is 20.1 Å². The molecule has 33 heavy (non-hydrogen) atoms. The van der Waals surface area contributed by atoms with Crippen LogP contribution in [0.15, 0.2) is 53.0 Å². The number of benzene rings is 1. The standard InChI is InChI=1S/C24H21FN6O2/c1-12-3-4-27-10-18(12)17-8-15-9-20(28-11-19(15)23(26)22(17)25)30-21(32)7-14-5-16(6-14)24-29-13(2)33-31-24/h3-4,7-11,16H,5-6,26H2,1-2H3,(H,28,30,32). The van der Waals surface area contributed by atoms with Crippen LogP contribution in [0.5, 0.6) is 0 Å². The Bertz CT molecular complexity index is 1420. The van der Waals surface area contributed by atoms with Gasteiger partial charge in [0, 0.05) is 54.0 Å². The van der Waals surface area contributed by atoms with Gasteiger partial charge >= 0.3 is 0 Å². The lowest BCUT2D eigenvalue weighted by Gasteiger charge is -2.26. The number of fused-ring (bicyclic) bond motifs is 1. The SMILES string of the molecule is Cc1nc(C2CC(=CC(=O)Nc3cc4cc(-c5cnccc5C)c(F)c(N)c4cn3)C2)no1. The van der Waals surface area contributed by atoms with E-state index < -0.39 is 5.82 Å². The fourth-order valence-corrected chi connectivity index (χ4v) is 4.01. The molecule has 8 nitrogen and oxygen atoms in total. The number of carbonyl (C=O) groups is 1. The van der Waals surface area contributed by atoms with Gasteiger partial charge in [0.05, 0.1) is 5.69 Å². The zero-order valence-electron chi connectivity index (χ0n) is 18.1. The van der Waals surface area contributed by atoms with Crippen LogP contribution in [0.25, 0.3) is 21.9 Å². The number of aromatic nitrogens is 4. The number of nitrogen functional groups attached to an aromatic ring is 1. The molecule has 0 bridgehead atoms. The Hall–Kier alpha value is -4.14. The first-order chi connectivity index (χ1) is 15.9. The highest BCUT2D eigenvalue weighted by Gasteiger charge is 2.29. The summed E-state index contributed by atoms with van der Waals surface area (Å²) < 4.78 is 20.0. The number of nitrogens with zero attached hydrogens (tertiary/aromatic N) is 4. The fourth-order valence-electron chi connectivity index (χ4n) is 4.01. The van der Waals surface area contributed by atoms with E-state index in [2.05, 4.69) is 25.4 Å². The third-order valence-electron chi connectivity index (χ3n) is 5.84. The lowest BCUT2D eigenvalue weighted by molar-refractivity contribution is -0.112. The van der Waals surface area contributed by atoms with Crippen molar-refractivity contribution in [2.24, 2.45) is 0 Å². The number of anilines is 2. The number of rotatable bonds is 4. The van der Waals surface area contributed by atoms with Crippen molar-refractivity contribution >= 4 is 28.2 Å². The minimum atomic E-state index is -0.516. The summed E-state index contributed by atoms with van der Waals surface area (Å²) in [4.78, 5) is 25.0. The van der Waals surface area contributed by atoms with Gasteiger partial charge in [-0.05, 0) is 48.9 Å². The number of aryl methyl sites for hydroxylation is 2. The Labute approximate surface area is 188 Å². The minimum Gasteiger partial charge on any atom is -0.396 e. The van der Waals surface area contributed by atoms with Crippen LogP contribution in [-0.2, 0) is 4.79 Å². The van der Waals surface area contributed by atoms with Crippen molar-refractivity contribution in [3.63, 3.8) is 0 Å². The lowest BCUT2D eigenvalue weighted by Crippen LogP contribution is -2.18. The number of pyridine rings is 2. The van der Waals surface area contributed by atoms with E-state index in [0.717, 1.165) is 11.1 Å². The molecule has 1 aliphatic carbocycles. The lowest BCUT2D eigenvalue weighted by atomic mass is 9.79. The second-order valence-electron chi connectivity index (χ2n) is 8.20. The average Bonchev–Trinajstić information content (AvgIpc) is 3.19. The maximum atomic E-state index is 15.0. The van der Waals surface area contributed by atoms with E-state index in [1.807, 2.05) is 13.0 Å². The number of carbonyl (C=O) groups excluding carboxylic acids is 1. The summed E-state index contributed by atoms with van der Waals surface area (Å²) in [6.45, 7) is 3.63. The molecule has 0 radical (unpaired) electrons. The molecule has 1 saturated carbocycles. The summed E-state index contributed by atoms with van der Waals surface area (Å²) in [5.41, 5.74) is 8.97. The van der Waals surface area contributed by atoms with Crippen LogP contribution in [-0.4, -0.2) is 26.0 Å². The van der Waals surface area contributed by atoms with E-state index in [-0.39, 0.29) is 17.5 Å². The molecule has 4 aromatic rings. The van der Waals surface area contributed by atoms with Gasteiger partial charge in [-0.3, -0.25) is 9.78 Å². The van der Waals surface area contributed by atoms with Crippen LogP contribution in [0.1, 0.15) is 36.0 Å². The van der Waals surface area contributed by atoms with E-state index in [0.29, 0.717) is 52.3 Å². The average molecular weight is 444 g/mol. The van der Waals surface area contributed by atoms with E-state index in [9.17, 15) is 9.18 Å². The number of amides is 1. The van der Waals surface area contributed by atoms with Gasteiger partial charge in [-0.1, -0.05) is 10.7 Å². The highest BCUT2D eigenvalue weighted by molar-refractivity contribution is 6.02. The predicted molar refractivity (Wildman–Crippen MR) is 122 cm³/mol. The van der Waals surface area contributed by atoms with Gasteiger partial charge in [0.2, 0.25) is 11.8 Å². The smallest absolute Gasteiger partial charge is 0.249 e. The normalized spacial score (nSPS) is 15.4. The number of hydrogen-bond donors (Lipinski definition) is 2. The molecule has 0 aliphatic heterocycles. The zero-order chi connectivity index (χ0) is 23.1. The summed E-state index contributed by atoms with van der Waals surface area (Å²) in [6.07, 6.45) is 7.72. The molecule has 1 aliphatic rings. The molecule has 1 aromatic carbocycles. The van der Waals surface area contributed by atoms with E-state index in [1.54, 1.807) is 37.5 Å². The zero-order valence-corrected chi connectivity index (χ0v) is 18.1. The molecular formula is C24H21FN6O2. The van der Waals surface area contributed by atoms with E-state index in [4.69, 9.17) is 10.3 Å². The second-order valence-corrected chi connectivity index (χ2v) is 8.20. The molecule has 3 aromatic heterocycles. The van der Waals surface area contributed by atoms with Gasteiger partial charge < -0.3 is 15.6 Å². The van der Waals surface area contributed by atoms with Crippen LogP contribution < -0.4 is 11.1 Å². The Morgan fingerprint density at radius 2 is 2.06 bits per heavy atom. The van der Waals surface area contributed by atoms with Crippen LogP contribution in [0, 0.1) is 19.7 Å². The Morgan fingerprint density at radius 3 is 2.79 bits per heavy atom. The molecule has 5 rings (SSSR count). The van der Waals surface area contributed by atoms with Crippen molar-refractivity contribution in [3.8, 4) is 11.1 Å². The summed E-state index contributed by atoms with van der Waals surface area (Å²) in [5.74, 6) is 0.938. The topological polar surface area (TPSA) is 120 Å². The molecule has 166 valence electrons. The minimum absolute atomic E-state index is 0.00969. The van der Waals surface area contributed by atoms with Crippen LogP contribution in [0.3, 0.4) is 0 Å². The first-order valence-corrected chi connectivity index (χ1v) is 10.5. The molecule has 0 saturated heterocycles. The van der Waals surface area contributed by atoms with Crippen molar-refractivity contribution < 1.29 is 13.7 Å². The summed E-state index contributed by atoms with van der Waals surface area (Å²) in [7, 11) is 0. The number of halogens is 1. The maximum Gasteiger partial charge on any atom is 0.249 e. The first kappa shape index (κ1) is 20.7. The molecule has 0 spiro atoms. The largest absolute Gasteiger partial charge is 0.396 e. The Morgan fingerprint density at radius 1 is 1.24 bits per heavy atom. The van der Waals surface area contributed by atoms with Gasteiger partial charge in [-0.15, -0.1) is 0 Å². The predicted octanol–water partition coefficient (Wildman–Crippen LogP) is 4.46. The van der Waals surface area contributed by atoms with Gasteiger partial charge in [-0.25, -0.2) is 9.37 Å². The molecule has 3 heterocycles. The highest BCUT2D eigenvalue weighted by atomic mass is 19.1. The van der Waals surface area contributed by atoms with Gasteiger partial charge in [-0.2, -0.15) is 4.98 Å². The Balaban J connectivity index is 1.36. The molecule has 9 heteroatoms.